The van der Waals surface area contributed by atoms with Crippen molar-refractivity contribution in [1.82, 2.24) is 4.98 Å². The molecule has 10 heteroatoms. The van der Waals surface area contributed by atoms with Gasteiger partial charge in [-0.25, -0.2) is 4.98 Å². The lowest BCUT2D eigenvalue weighted by molar-refractivity contribution is -0.113. The maximum Gasteiger partial charge on any atom is 0.234 e. The number of hydrogen-bond donors (Lipinski definition) is 1. The molecule has 0 saturated heterocycles. The van der Waals surface area contributed by atoms with E-state index in [2.05, 4.69) is 11.4 Å². The van der Waals surface area contributed by atoms with Crippen LogP contribution in [0.1, 0.15) is 5.56 Å². The van der Waals surface area contributed by atoms with Gasteiger partial charge >= 0.3 is 0 Å². The third-order valence-electron chi connectivity index (χ3n) is 5.73. The number of nitriles is 1. The zero-order valence-electron chi connectivity index (χ0n) is 20.6. The van der Waals surface area contributed by atoms with Crippen molar-refractivity contribution in [3.8, 4) is 50.8 Å². The number of rotatable bonds is 8. The molecule has 3 heterocycles. The number of pyridine rings is 1. The Morgan fingerprint density at radius 3 is 2.63 bits per heavy atom. The van der Waals surface area contributed by atoms with Crippen molar-refractivity contribution in [2.75, 3.05) is 38.5 Å². The Kier molecular flexibility index (Phi) is 7.67. The average Bonchev–Trinajstić information content (AvgIpc) is 3.50. The highest BCUT2D eigenvalue weighted by Gasteiger charge is 2.19. The van der Waals surface area contributed by atoms with Crippen molar-refractivity contribution in [1.29, 1.82) is 5.26 Å². The molecule has 0 fully saturated rings. The number of thioether (sulfide) groups is 1. The van der Waals surface area contributed by atoms with E-state index in [4.69, 9.17) is 23.9 Å². The number of carbonyl (C=O) groups excluding carboxylic acids is 1. The minimum absolute atomic E-state index is 0.0649. The molecule has 8 nitrogen and oxygen atoms in total. The first kappa shape index (κ1) is 25.4. The van der Waals surface area contributed by atoms with E-state index in [0.717, 1.165) is 16.1 Å². The van der Waals surface area contributed by atoms with E-state index in [-0.39, 0.29) is 11.7 Å². The SMILES string of the molecule is COc1ccc(-c2cc(-c3cccs3)nc(SCC(=O)Nc3ccc4c(c3)OCCO4)c2C#N)cc1OC. The Bertz CT molecular complexity index is 1520. The third-order valence-corrected chi connectivity index (χ3v) is 7.60. The second-order valence-electron chi connectivity index (χ2n) is 8.09. The van der Waals surface area contributed by atoms with Gasteiger partial charge in [0.15, 0.2) is 23.0 Å². The topological polar surface area (TPSA) is 103 Å². The zero-order chi connectivity index (χ0) is 26.5. The van der Waals surface area contributed by atoms with Gasteiger partial charge in [0.1, 0.15) is 24.3 Å². The van der Waals surface area contributed by atoms with E-state index in [9.17, 15) is 10.1 Å². The molecule has 0 bridgehead atoms. The molecule has 0 spiro atoms. The number of amides is 1. The van der Waals surface area contributed by atoms with Crippen LogP contribution in [0.15, 0.2) is 65.0 Å². The molecule has 0 aliphatic carbocycles. The predicted octanol–water partition coefficient (Wildman–Crippen LogP) is 5.87. The maximum atomic E-state index is 12.8. The van der Waals surface area contributed by atoms with Crippen molar-refractivity contribution in [3.63, 3.8) is 0 Å². The van der Waals surface area contributed by atoms with Gasteiger partial charge in [0.2, 0.25) is 5.91 Å². The molecule has 1 amide bonds. The molecule has 2 aromatic carbocycles. The zero-order valence-corrected chi connectivity index (χ0v) is 22.3. The Balaban J connectivity index is 1.44. The summed E-state index contributed by atoms with van der Waals surface area (Å²) in [5, 5.41) is 15.5. The first-order valence-electron chi connectivity index (χ1n) is 11.6. The number of nitrogens with zero attached hydrogens (tertiary/aromatic N) is 2. The van der Waals surface area contributed by atoms with E-state index in [0.29, 0.717) is 58.1 Å². The second kappa shape index (κ2) is 11.5. The summed E-state index contributed by atoms with van der Waals surface area (Å²) < 4.78 is 22.0. The number of aromatic nitrogens is 1. The molecule has 2 aromatic heterocycles. The van der Waals surface area contributed by atoms with Gasteiger partial charge in [0.05, 0.1) is 36.1 Å². The number of anilines is 1. The second-order valence-corrected chi connectivity index (χ2v) is 10.0. The van der Waals surface area contributed by atoms with Gasteiger partial charge in [-0.15, -0.1) is 11.3 Å². The van der Waals surface area contributed by atoms with Gasteiger partial charge in [-0.3, -0.25) is 4.79 Å². The Morgan fingerprint density at radius 1 is 1.08 bits per heavy atom. The Hall–Kier alpha value is -4.20. The molecule has 0 atom stereocenters. The first-order chi connectivity index (χ1) is 18.6. The lowest BCUT2D eigenvalue weighted by atomic mass is 10.00. The molecule has 5 rings (SSSR count). The third kappa shape index (κ3) is 5.39. The molecule has 4 aromatic rings. The number of thiophene rings is 1. The van der Waals surface area contributed by atoms with E-state index in [1.807, 2.05) is 35.7 Å². The molecular weight excluding hydrogens is 522 g/mol. The number of nitrogens with one attached hydrogen (secondary N) is 1. The Labute approximate surface area is 228 Å². The molecule has 0 radical (unpaired) electrons. The van der Waals surface area contributed by atoms with Gasteiger partial charge in [-0.2, -0.15) is 5.26 Å². The highest BCUT2D eigenvalue weighted by atomic mass is 32.2. The van der Waals surface area contributed by atoms with Crippen LogP contribution in [0.5, 0.6) is 23.0 Å². The van der Waals surface area contributed by atoms with Crippen molar-refractivity contribution in [3.05, 3.63) is 65.5 Å². The molecule has 192 valence electrons. The van der Waals surface area contributed by atoms with E-state index < -0.39 is 0 Å². The summed E-state index contributed by atoms with van der Waals surface area (Å²) in [6, 6.07) is 18.9. The minimum Gasteiger partial charge on any atom is -0.493 e. The van der Waals surface area contributed by atoms with E-state index in [1.165, 1.54) is 11.8 Å². The number of benzene rings is 2. The number of fused-ring (bicyclic) bond motifs is 1. The first-order valence-corrected chi connectivity index (χ1v) is 13.5. The average molecular weight is 546 g/mol. The van der Waals surface area contributed by atoms with Crippen LogP contribution >= 0.6 is 23.1 Å². The van der Waals surface area contributed by atoms with E-state index in [1.54, 1.807) is 49.8 Å². The summed E-state index contributed by atoms with van der Waals surface area (Å²) in [6.45, 7) is 0.964. The standard InChI is InChI=1S/C28H23N3O5S2/c1-33-22-7-5-17(12-24(22)34-2)19-14-21(26-4-3-11-37-26)31-28(20(19)15-29)38-16-27(32)30-18-6-8-23-25(13-18)36-10-9-35-23/h3-8,11-14H,9-10,16H2,1-2H3,(H,30,32). The highest BCUT2D eigenvalue weighted by molar-refractivity contribution is 8.00. The highest BCUT2D eigenvalue weighted by Crippen LogP contribution is 2.39. The Morgan fingerprint density at radius 2 is 1.89 bits per heavy atom. The lowest BCUT2D eigenvalue weighted by Crippen LogP contribution is -2.17. The van der Waals surface area contributed by atoms with Crippen LogP contribution in [-0.2, 0) is 4.79 Å². The largest absolute Gasteiger partial charge is 0.493 e. The van der Waals surface area contributed by atoms with Crippen LogP contribution in [0, 0.1) is 11.3 Å². The monoisotopic (exact) mass is 545 g/mol. The van der Waals surface area contributed by atoms with Crippen molar-refractivity contribution in [2.24, 2.45) is 0 Å². The minimum atomic E-state index is -0.230. The van der Waals surface area contributed by atoms with E-state index >= 15 is 0 Å². The summed E-state index contributed by atoms with van der Waals surface area (Å²) in [5.74, 6) is 2.23. The van der Waals surface area contributed by atoms with Crippen molar-refractivity contribution < 1.29 is 23.7 Å². The molecule has 1 aliphatic heterocycles. The van der Waals surface area contributed by atoms with Crippen LogP contribution in [0.3, 0.4) is 0 Å². The lowest BCUT2D eigenvalue weighted by Gasteiger charge is -2.19. The number of methoxy groups -OCH3 is 2. The molecule has 0 unspecified atom stereocenters. The maximum absolute atomic E-state index is 12.8. The summed E-state index contributed by atoms with van der Waals surface area (Å²) in [7, 11) is 3.14. The van der Waals surface area contributed by atoms with Gasteiger partial charge in [0, 0.05) is 17.3 Å². The predicted molar refractivity (Wildman–Crippen MR) is 148 cm³/mol. The summed E-state index contributed by atoms with van der Waals surface area (Å²) in [5.41, 5.74) is 3.18. The van der Waals surface area contributed by atoms with Crippen LogP contribution in [-0.4, -0.2) is 44.1 Å². The smallest absolute Gasteiger partial charge is 0.234 e. The normalized spacial score (nSPS) is 11.9. The fraction of sp³-hybridized carbons (Fsp3) is 0.179. The van der Waals surface area contributed by atoms with Crippen LogP contribution in [0.2, 0.25) is 0 Å². The van der Waals surface area contributed by atoms with Crippen LogP contribution < -0.4 is 24.3 Å². The molecule has 0 saturated carbocycles. The molecule has 38 heavy (non-hydrogen) atoms. The van der Waals surface area contributed by atoms with Gasteiger partial charge in [-0.05, 0) is 47.3 Å². The summed E-state index contributed by atoms with van der Waals surface area (Å²) in [4.78, 5) is 18.6. The molecule has 1 aliphatic rings. The van der Waals surface area contributed by atoms with Crippen molar-refractivity contribution in [2.45, 2.75) is 5.03 Å². The fourth-order valence-electron chi connectivity index (χ4n) is 3.97. The van der Waals surface area contributed by atoms with Gasteiger partial charge in [-0.1, -0.05) is 23.9 Å². The van der Waals surface area contributed by atoms with Crippen LogP contribution in [0.25, 0.3) is 21.7 Å². The quantitative estimate of drug-likeness (QED) is 0.274. The van der Waals surface area contributed by atoms with Gasteiger partial charge in [0.25, 0.3) is 0 Å². The summed E-state index contributed by atoms with van der Waals surface area (Å²) >= 11 is 2.77. The van der Waals surface area contributed by atoms with Crippen molar-refractivity contribution >= 4 is 34.7 Å². The van der Waals surface area contributed by atoms with Gasteiger partial charge < -0.3 is 24.3 Å². The van der Waals surface area contributed by atoms with Crippen LogP contribution in [0.4, 0.5) is 5.69 Å². The number of hydrogen-bond acceptors (Lipinski definition) is 9. The fourth-order valence-corrected chi connectivity index (χ4v) is 5.46. The molecular formula is C28H23N3O5S2. The summed E-state index contributed by atoms with van der Waals surface area (Å²) in [6.07, 6.45) is 0. The number of ether oxygens (including phenoxy) is 4. The molecule has 1 N–H and O–H groups in total. The number of carbonyl (C=O) groups is 1.